The van der Waals surface area contributed by atoms with Gasteiger partial charge in [0.2, 0.25) is 0 Å². The highest BCUT2D eigenvalue weighted by molar-refractivity contribution is 5.81. The molecule has 1 aromatic heterocycles. The summed E-state index contributed by atoms with van der Waals surface area (Å²) in [5.41, 5.74) is 2.46. The quantitative estimate of drug-likeness (QED) is 0.255. The Balaban J connectivity index is 1.36. The maximum atomic E-state index is 12.3. The number of benzene rings is 2. The molecule has 2 aromatic carbocycles. The second-order valence-electron chi connectivity index (χ2n) is 8.69. The lowest BCUT2D eigenvalue weighted by molar-refractivity contribution is -0.147. The molecule has 0 bridgehead atoms. The molecule has 0 saturated heterocycles. The maximum absolute atomic E-state index is 12.3. The summed E-state index contributed by atoms with van der Waals surface area (Å²) >= 11 is 0. The fourth-order valence-corrected chi connectivity index (χ4v) is 3.23. The van der Waals surface area contributed by atoms with Gasteiger partial charge in [-0.2, -0.15) is 0 Å². The zero-order valence-electron chi connectivity index (χ0n) is 22.2. The third-order valence-corrected chi connectivity index (χ3v) is 5.39. The molecular formula is C29H31N3O8. The Morgan fingerprint density at radius 3 is 1.38 bits per heavy atom. The van der Waals surface area contributed by atoms with Crippen molar-refractivity contribution in [3.8, 4) is 0 Å². The minimum absolute atomic E-state index is 0.0723. The standard InChI is InChI=1S/C29H31N3O8/c1-20(30-28(35)39-16-22-10-5-3-6-11-22)26(33)37-18-24-14-9-15-25(32-24)19-38-27(34)21(2)31-29(36)40-17-23-12-7-4-8-13-23/h3-15,20-21H,16-19H2,1-2H3,(H,30,35)(H,31,36)/t20-,21-/m0/s1. The molecule has 0 unspecified atom stereocenters. The molecule has 11 heteroatoms. The van der Waals surface area contributed by atoms with Crippen molar-refractivity contribution in [1.29, 1.82) is 0 Å². The van der Waals surface area contributed by atoms with E-state index in [9.17, 15) is 19.2 Å². The van der Waals surface area contributed by atoms with E-state index in [1.54, 1.807) is 18.2 Å². The van der Waals surface area contributed by atoms with E-state index >= 15 is 0 Å². The summed E-state index contributed by atoms with van der Waals surface area (Å²) in [4.78, 5) is 52.8. The normalized spacial score (nSPS) is 11.8. The largest absolute Gasteiger partial charge is 0.458 e. The highest BCUT2D eigenvalue weighted by Crippen LogP contribution is 2.06. The van der Waals surface area contributed by atoms with E-state index in [0.29, 0.717) is 11.4 Å². The molecule has 0 spiro atoms. The number of nitrogens with zero attached hydrogens (tertiary/aromatic N) is 1. The van der Waals surface area contributed by atoms with Crippen molar-refractivity contribution < 1.29 is 38.1 Å². The monoisotopic (exact) mass is 549 g/mol. The van der Waals surface area contributed by atoms with Crippen LogP contribution in [0.25, 0.3) is 0 Å². The summed E-state index contributed by atoms with van der Waals surface area (Å²) < 4.78 is 20.7. The van der Waals surface area contributed by atoms with Crippen LogP contribution in [-0.2, 0) is 55.0 Å². The molecule has 0 aliphatic rings. The molecule has 0 fully saturated rings. The van der Waals surface area contributed by atoms with Gasteiger partial charge in [0.05, 0.1) is 11.4 Å². The molecule has 0 aliphatic heterocycles. The second-order valence-corrected chi connectivity index (χ2v) is 8.69. The number of nitrogens with one attached hydrogen (secondary N) is 2. The number of amides is 2. The molecular weight excluding hydrogens is 518 g/mol. The van der Waals surface area contributed by atoms with Gasteiger partial charge in [-0.25, -0.2) is 19.2 Å². The first-order chi connectivity index (χ1) is 19.3. The van der Waals surface area contributed by atoms with Crippen molar-refractivity contribution in [3.63, 3.8) is 0 Å². The molecule has 40 heavy (non-hydrogen) atoms. The molecule has 1 heterocycles. The lowest BCUT2D eigenvalue weighted by Crippen LogP contribution is -2.39. The first kappa shape index (κ1) is 29.6. The van der Waals surface area contributed by atoms with Gasteiger partial charge in [0.1, 0.15) is 38.5 Å². The summed E-state index contributed by atoms with van der Waals surface area (Å²) in [6.07, 6.45) is -1.49. The summed E-state index contributed by atoms with van der Waals surface area (Å²) in [5.74, 6) is -1.34. The Hall–Kier alpha value is -4.93. The third-order valence-electron chi connectivity index (χ3n) is 5.39. The predicted molar refractivity (Wildman–Crippen MR) is 142 cm³/mol. The SMILES string of the molecule is C[C@H](NC(=O)OCc1ccccc1)C(=O)OCc1cccc(COC(=O)[C@H](C)NC(=O)OCc2ccccc2)n1. The minimum Gasteiger partial charge on any atom is -0.458 e. The van der Waals surface area contributed by atoms with Crippen molar-refractivity contribution in [2.24, 2.45) is 0 Å². The Morgan fingerprint density at radius 1 is 0.575 bits per heavy atom. The number of rotatable bonds is 12. The average Bonchev–Trinajstić information content (AvgIpc) is 2.97. The van der Waals surface area contributed by atoms with Crippen LogP contribution in [0.1, 0.15) is 36.4 Å². The number of hydrogen-bond acceptors (Lipinski definition) is 9. The lowest BCUT2D eigenvalue weighted by Gasteiger charge is -2.14. The lowest BCUT2D eigenvalue weighted by atomic mass is 10.2. The van der Waals surface area contributed by atoms with Crippen LogP contribution in [0.15, 0.2) is 78.9 Å². The highest BCUT2D eigenvalue weighted by atomic mass is 16.6. The van der Waals surface area contributed by atoms with Gasteiger partial charge < -0.3 is 29.6 Å². The van der Waals surface area contributed by atoms with Crippen molar-refractivity contribution in [2.45, 2.75) is 52.4 Å². The van der Waals surface area contributed by atoms with Gasteiger partial charge in [-0.15, -0.1) is 0 Å². The topological polar surface area (TPSA) is 142 Å². The number of carbonyl (C=O) groups excluding carboxylic acids is 4. The number of pyridine rings is 1. The fourth-order valence-electron chi connectivity index (χ4n) is 3.23. The van der Waals surface area contributed by atoms with Crippen molar-refractivity contribution in [3.05, 3.63) is 101 Å². The van der Waals surface area contributed by atoms with Crippen LogP contribution in [0.4, 0.5) is 9.59 Å². The van der Waals surface area contributed by atoms with E-state index in [2.05, 4.69) is 15.6 Å². The van der Waals surface area contributed by atoms with E-state index in [0.717, 1.165) is 11.1 Å². The fraction of sp³-hybridized carbons (Fsp3) is 0.276. The molecule has 0 saturated carbocycles. The molecule has 0 aliphatic carbocycles. The summed E-state index contributed by atoms with van der Waals surface area (Å²) in [7, 11) is 0. The summed E-state index contributed by atoms with van der Waals surface area (Å²) in [6.45, 7) is 2.78. The van der Waals surface area contributed by atoms with E-state index < -0.39 is 36.2 Å². The van der Waals surface area contributed by atoms with E-state index in [4.69, 9.17) is 18.9 Å². The van der Waals surface area contributed by atoms with Crippen LogP contribution in [0.2, 0.25) is 0 Å². The van der Waals surface area contributed by atoms with Gasteiger partial charge >= 0.3 is 24.1 Å². The van der Waals surface area contributed by atoms with Crippen molar-refractivity contribution >= 4 is 24.1 Å². The zero-order valence-corrected chi connectivity index (χ0v) is 22.2. The minimum atomic E-state index is -0.944. The Bertz CT molecular complexity index is 1180. The summed E-state index contributed by atoms with van der Waals surface area (Å²) in [5, 5.41) is 4.84. The van der Waals surface area contributed by atoms with Gasteiger partial charge in [0, 0.05) is 0 Å². The van der Waals surface area contributed by atoms with Crippen molar-refractivity contribution in [1.82, 2.24) is 15.6 Å². The van der Waals surface area contributed by atoms with Crippen LogP contribution in [-0.4, -0.2) is 41.2 Å². The second kappa shape index (κ2) is 15.5. The molecule has 2 amide bonds. The van der Waals surface area contributed by atoms with E-state index in [1.165, 1.54) is 13.8 Å². The van der Waals surface area contributed by atoms with Crippen LogP contribution < -0.4 is 10.6 Å². The van der Waals surface area contributed by atoms with Crippen LogP contribution >= 0.6 is 0 Å². The molecule has 210 valence electrons. The average molecular weight is 550 g/mol. The van der Waals surface area contributed by atoms with Gasteiger partial charge in [-0.3, -0.25) is 4.98 Å². The molecule has 11 nitrogen and oxygen atoms in total. The zero-order chi connectivity index (χ0) is 28.7. The maximum Gasteiger partial charge on any atom is 0.408 e. The first-order valence-corrected chi connectivity index (χ1v) is 12.5. The third kappa shape index (κ3) is 10.4. The molecule has 3 rings (SSSR count). The predicted octanol–water partition coefficient (Wildman–Crippen LogP) is 3.80. The van der Waals surface area contributed by atoms with Gasteiger partial charge in [0.25, 0.3) is 0 Å². The smallest absolute Gasteiger partial charge is 0.408 e. The number of alkyl carbamates (subject to hydrolysis) is 2. The molecule has 2 N–H and O–H groups in total. The van der Waals surface area contributed by atoms with Crippen LogP contribution in [0.5, 0.6) is 0 Å². The highest BCUT2D eigenvalue weighted by Gasteiger charge is 2.20. The molecule has 3 aromatic rings. The van der Waals surface area contributed by atoms with Crippen LogP contribution in [0, 0.1) is 0 Å². The Labute approximate surface area is 231 Å². The Kier molecular flexibility index (Phi) is 11.5. The number of carbonyl (C=O) groups is 4. The first-order valence-electron chi connectivity index (χ1n) is 12.5. The van der Waals surface area contributed by atoms with E-state index in [-0.39, 0.29) is 26.4 Å². The number of aromatic nitrogens is 1. The number of hydrogen-bond donors (Lipinski definition) is 2. The summed E-state index contributed by atoms with van der Waals surface area (Å²) in [6, 6.07) is 21.3. The number of ether oxygens (including phenoxy) is 4. The number of esters is 2. The van der Waals surface area contributed by atoms with Gasteiger partial charge in [0.15, 0.2) is 0 Å². The molecule has 0 radical (unpaired) electrons. The van der Waals surface area contributed by atoms with Crippen LogP contribution in [0.3, 0.4) is 0 Å². The van der Waals surface area contributed by atoms with Gasteiger partial charge in [-0.05, 0) is 37.1 Å². The Morgan fingerprint density at radius 2 is 0.975 bits per heavy atom. The van der Waals surface area contributed by atoms with Gasteiger partial charge in [-0.1, -0.05) is 66.7 Å². The van der Waals surface area contributed by atoms with Crippen molar-refractivity contribution in [2.75, 3.05) is 0 Å². The van der Waals surface area contributed by atoms with E-state index in [1.807, 2.05) is 60.7 Å². The molecule has 2 atom stereocenters.